The number of benzene rings is 1. The molecule has 2 rings (SSSR count). The van der Waals surface area contributed by atoms with Crippen molar-refractivity contribution in [2.24, 2.45) is 0 Å². The fraction of sp³-hybridized carbons (Fsp3) is 0.231. The van der Waals surface area contributed by atoms with E-state index in [-0.39, 0.29) is 0 Å². The first kappa shape index (κ1) is 9.99. The zero-order valence-electron chi connectivity index (χ0n) is 9.08. The summed E-state index contributed by atoms with van der Waals surface area (Å²) in [5.41, 5.74) is 2.21. The van der Waals surface area contributed by atoms with Crippen LogP contribution in [0.5, 0.6) is 0 Å². The molecule has 2 aromatic rings. The van der Waals surface area contributed by atoms with Crippen molar-refractivity contribution >= 4 is 17.0 Å². The van der Waals surface area contributed by atoms with Gasteiger partial charge in [0.25, 0.3) is 0 Å². The quantitative estimate of drug-likeness (QED) is 0.825. The van der Waals surface area contributed by atoms with Crippen LogP contribution in [-0.4, -0.2) is 13.6 Å². The van der Waals surface area contributed by atoms with E-state index >= 15 is 0 Å². The number of nitrogens with one attached hydrogen (secondary N) is 1. The molecule has 15 heavy (non-hydrogen) atoms. The molecule has 1 heterocycles. The topological polar surface area (TPSA) is 25.2 Å². The van der Waals surface area contributed by atoms with E-state index in [1.807, 2.05) is 25.2 Å². The summed E-state index contributed by atoms with van der Waals surface area (Å²) in [5.74, 6) is 0.920. The summed E-state index contributed by atoms with van der Waals surface area (Å²) in [4.78, 5) is 0. The lowest BCUT2D eigenvalue weighted by Crippen LogP contribution is -2.08. The summed E-state index contributed by atoms with van der Waals surface area (Å²) in [7, 11) is 1.94. The number of fused-ring (bicyclic) bond motifs is 1. The van der Waals surface area contributed by atoms with Gasteiger partial charge in [-0.2, -0.15) is 0 Å². The lowest BCUT2D eigenvalue weighted by Gasteiger charge is -1.96. The molecule has 0 spiro atoms. The minimum atomic E-state index is 0.886. The van der Waals surface area contributed by atoms with Crippen LogP contribution in [0, 0.1) is 0 Å². The lowest BCUT2D eigenvalue weighted by atomic mass is 10.2. The van der Waals surface area contributed by atoms with Crippen LogP contribution in [0.25, 0.3) is 17.0 Å². The van der Waals surface area contributed by atoms with Gasteiger partial charge >= 0.3 is 0 Å². The number of likely N-dealkylation sites (N-methyl/N-ethyl adjacent to an activating group) is 1. The van der Waals surface area contributed by atoms with Crippen molar-refractivity contribution in [1.82, 2.24) is 5.32 Å². The Balaban J connectivity index is 2.33. The molecule has 0 amide bonds. The number of rotatable bonds is 3. The highest BCUT2D eigenvalue weighted by Crippen LogP contribution is 2.20. The van der Waals surface area contributed by atoms with E-state index in [2.05, 4.69) is 30.4 Å². The SMILES string of the molecule is CNCC(C)=Cc1cc2ccccc2o1. The van der Waals surface area contributed by atoms with Gasteiger partial charge in [0.15, 0.2) is 0 Å². The van der Waals surface area contributed by atoms with Crippen LogP contribution in [0.3, 0.4) is 0 Å². The summed E-state index contributed by atoms with van der Waals surface area (Å²) in [6, 6.07) is 10.1. The molecule has 1 aromatic heterocycles. The minimum Gasteiger partial charge on any atom is -0.457 e. The Kier molecular flexibility index (Phi) is 2.88. The van der Waals surface area contributed by atoms with Gasteiger partial charge in [0.1, 0.15) is 11.3 Å². The molecule has 0 bridgehead atoms. The summed E-state index contributed by atoms with van der Waals surface area (Å²) < 4.78 is 5.68. The zero-order chi connectivity index (χ0) is 10.7. The standard InChI is InChI=1S/C13H15NO/c1-10(9-14-2)7-12-8-11-5-3-4-6-13(11)15-12/h3-8,14H,9H2,1-2H3. The van der Waals surface area contributed by atoms with Crippen molar-refractivity contribution in [3.8, 4) is 0 Å². The fourth-order valence-electron chi connectivity index (χ4n) is 1.65. The van der Waals surface area contributed by atoms with E-state index in [1.54, 1.807) is 0 Å². The minimum absolute atomic E-state index is 0.886. The Morgan fingerprint density at radius 2 is 2.20 bits per heavy atom. The van der Waals surface area contributed by atoms with Crippen LogP contribution in [0.4, 0.5) is 0 Å². The molecule has 0 atom stereocenters. The van der Waals surface area contributed by atoms with E-state index in [0.29, 0.717) is 0 Å². The Hall–Kier alpha value is -1.54. The molecule has 0 aliphatic rings. The third kappa shape index (κ3) is 2.28. The monoisotopic (exact) mass is 201 g/mol. The summed E-state index contributed by atoms with van der Waals surface area (Å²) in [6.07, 6.45) is 2.07. The van der Waals surface area contributed by atoms with Gasteiger partial charge in [-0.15, -0.1) is 0 Å². The zero-order valence-corrected chi connectivity index (χ0v) is 9.08. The van der Waals surface area contributed by atoms with E-state index in [9.17, 15) is 0 Å². The molecule has 0 fully saturated rings. The van der Waals surface area contributed by atoms with Gasteiger partial charge in [-0.3, -0.25) is 0 Å². The first-order valence-electron chi connectivity index (χ1n) is 5.10. The maximum Gasteiger partial charge on any atom is 0.134 e. The van der Waals surface area contributed by atoms with Crippen molar-refractivity contribution in [2.75, 3.05) is 13.6 Å². The third-order valence-corrected chi connectivity index (χ3v) is 2.29. The molecule has 2 heteroatoms. The Morgan fingerprint density at radius 1 is 1.40 bits per heavy atom. The molecule has 78 valence electrons. The largest absolute Gasteiger partial charge is 0.457 e. The number of hydrogen-bond donors (Lipinski definition) is 1. The second-order valence-electron chi connectivity index (χ2n) is 3.71. The van der Waals surface area contributed by atoms with Crippen molar-refractivity contribution in [2.45, 2.75) is 6.92 Å². The second kappa shape index (κ2) is 4.32. The normalized spacial score (nSPS) is 12.3. The fourth-order valence-corrected chi connectivity index (χ4v) is 1.65. The average molecular weight is 201 g/mol. The van der Waals surface area contributed by atoms with E-state index in [4.69, 9.17) is 4.42 Å². The van der Waals surface area contributed by atoms with Crippen LogP contribution >= 0.6 is 0 Å². The Morgan fingerprint density at radius 3 is 2.93 bits per heavy atom. The smallest absolute Gasteiger partial charge is 0.134 e. The van der Waals surface area contributed by atoms with Gasteiger partial charge in [0, 0.05) is 11.9 Å². The molecule has 0 saturated heterocycles. The molecule has 0 radical (unpaired) electrons. The Labute approximate surface area is 89.6 Å². The van der Waals surface area contributed by atoms with E-state index < -0.39 is 0 Å². The van der Waals surface area contributed by atoms with Crippen LogP contribution in [-0.2, 0) is 0 Å². The second-order valence-corrected chi connectivity index (χ2v) is 3.71. The van der Waals surface area contributed by atoms with Crippen molar-refractivity contribution < 1.29 is 4.42 Å². The predicted octanol–water partition coefficient (Wildman–Crippen LogP) is 3.06. The van der Waals surface area contributed by atoms with Crippen molar-refractivity contribution in [3.63, 3.8) is 0 Å². The molecular formula is C13H15NO. The van der Waals surface area contributed by atoms with Crippen molar-refractivity contribution in [1.29, 1.82) is 0 Å². The maximum absolute atomic E-state index is 5.68. The van der Waals surface area contributed by atoms with Crippen LogP contribution < -0.4 is 5.32 Å². The maximum atomic E-state index is 5.68. The predicted molar refractivity (Wildman–Crippen MR) is 63.8 cm³/mol. The number of hydrogen-bond acceptors (Lipinski definition) is 2. The van der Waals surface area contributed by atoms with Gasteiger partial charge in [-0.05, 0) is 32.2 Å². The molecule has 0 aliphatic carbocycles. The highest BCUT2D eigenvalue weighted by molar-refractivity contribution is 5.79. The molecule has 0 unspecified atom stereocenters. The number of furan rings is 1. The van der Waals surface area contributed by atoms with E-state index in [0.717, 1.165) is 23.3 Å². The Bertz CT molecular complexity index is 449. The van der Waals surface area contributed by atoms with Gasteiger partial charge in [-0.25, -0.2) is 0 Å². The molecule has 1 N–H and O–H groups in total. The van der Waals surface area contributed by atoms with Gasteiger partial charge < -0.3 is 9.73 Å². The molecule has 2 nitrogen and oxygen atoms in total. The van der Waals surface area contributed by atoms with Crippen LogP contribution in [0.2, 0.25) is 0 Å². The highest BCUT2D eigenvalue weighted by atomic mass is 16.3. The lowest BCUT2D eigenvalue weighted by molar-refractivity contribution is 0.603. The molecule has 0 saturated carbocycles. The summed E-state index contributed by atoms with van der Waals surface area (Å²) >= 11 is 0. The van der Waals surface area contributed by atoms with Crippen LogP contribution in [0.1, 0.15) is 12.7 Å². The van der Waals surface area contributed by atoms with Crippen LogP contribution in [0.15, 0.2) is 40.3 Å². The third-order valence-electron chi connectivity index (χ3n) is 2.29. The first-order chi connectivity index (χ1) is 7.29. The number of para-hydroxylation sites is 1. The van der Waals surface area contributed by atoms with Crippen molar-refractivity contribution in [3.05, 3.63) is 41.7 Å². The summed E-state index contributed by atoms with van der Waals surface area (Å²) in [5, 5.41) is 4.27. The first-order valence-corrected chi connectivity index (χ1v) is 5.10. The molecular weight excluding hydrogens is 186 g/mol. The summed E-state index contributed by atoms with van der Waals surface area (Å²) in [6.45, 7) is 2.97. The highest BCUT2D eigenvalue weighted by Gasteiger charge is 2.00. The van der Waals surface area contributed by atoms with Gasteiger partial charge in [-0.1, -0.05) is 23.8 Å². The van der Waals surface area contributed by atoms with E-state index in [1.165, 1.54) is 5.57 Å². The molecule has 0 aliphatic heterocycles. The van der Waals surface area contributed by atoms with Gasteiger partial charge in [0.2, 0.25) is 0 Å². The molecule has 1 aromatic carbocycles. The van der Waals surface area contributed by atoms with Gasteiger partial charge in [0.05, 0.1) is 0 Å². The average Bonchev–Trinajstić information content (AvgIpc) is 2.59.